The molecule has 1 N–H and O–H groups in total. The zero-order chi connectivity index (χ0) is 13.4. The van der Waals surface area contributed by atoms with Crippen molar-refractivity contribution in [2.24, 2.45) is 0 Å². The van der Waals surface area contributed by atoms with Crippen molar-refractivity contribution in [3.05, 3.63) is 65.2 Å². The fourth-order valence-electron chi connectivity index (χ4n) is 2.33. The molecule has 0 aromatic heterocycles. The van der Waals surface area contributed by atoms with Crippen LogP contribution >= 0.6 is 11.8 Å². The number of hydrogen-bond donors (Lipinski definition) is 1. The minimum atomic E-state index is -1.01. The highest BCUT2D eigenvalue weighted by Gasteiger charge is 2.30. The molecule has 0 fully saturated rings. The summed E-state index contributed by atoms with van der Waals surface area (Å²) in [5, 5.41) is 10.1. The summed E-state index contributed by atoms with van der Waals surface area (Å²) in [6.45, 7) is 0. The summed E-state index contributed by atoms with van der Waals surface area (Å²) >= 11 is 1.51. The van der Waals surface area contributed by atoms with E-state index in [1.54, 1.807) is 0 Å². The normalized spacial score (nSPS) is 19.2. The third kappa shape index (κ3) is 2.38. The van der Waals surface area contributed by atoms with Crippen LogP contribution in [0.4, 0.5) is 8.78 Å². The van der Waals surface area contributed by atoms with Gasteiger partial charge in [-0.1, -0.05) is 18.2 Å². The highest BCUT2D eigenvalue weighted by Crippen LogP contribution is 2.42. The number of aliphatic hydroxyl groups is 1. The highest BCUT2D eigenvalue weighted by molar-refractivity contribution is 8.00. The van der Waals surface area contributed by atoms with E-state index in [1.807, 2.05) is 24.3 Å². The van der Waals surface area contributed by atoms with Gasteiger partial charge in [-0.3, -0.25) is 0 Å². The van der Waals surface area contributed by atoms with Gasteiger partial charge in [0.05, 0.1) is 6.10 Å². The Morgan fingerprint density at radius 1 is 1.16 bits per heavy atom. The summed E-state index contributed by atoms with van der Waals surface area (Å²) < 4.78 is 26.8. The first-order valence-electron chi connectivity index (χ1n) is 6.03. The fraction of sp³-hybridized carbons (Fsp3) is 0.200. The predicted octanol–water partition coefficient (Wildman–Crippen LogP) is 3.72. The average Bonchev–Trinajstić information content (AvgIpc) is 2.84. The second kappa shape index (κ2) is 4.94. The molecule has 0 saturated carbocycles. The molecule has 1 heterocycles. The van der Waals surface area contributed by atoms with Gasteiger partial charge in [0, 0.05) is 15.7 Å². The minimum Gasteiger partial charge on any atom is -0.387 e. The van der Waals surface area contributed by atoms with Crippen molar-refractivity contribution in [1.29, 1.82) is 0 Å². The molecule has 3 rings (SSSR count). The Bertz CT molecular complexity index is 590. The molecule has 2 atom stereocenters. The topological polar surface area (TPSA) is 20.2 Å². The van der Waals surface area contributed by atoms with E-state index >= 15 is 0 Å². The molecule has 4 heteroatoms. The predicted molar refractivity (Wildman–Crippen MR) is 71.1 cm³/mol. The van der Waals surface area contributed by atoms with E-state index in [2.05, 4.69) is 0 Å². The van der Waals surface area contributed by atoms with E-state index < -0.39 is 17.7 Å². The molecule has 2 aromatic carbocycles. The van der Waals surface area contributed by atoms with E-state index in [1.165, 1.54) is 11.8 Å². The molecule has 0 bridgehead atoms. The van der Waals surface area contributed by atoms with Crippen molar-refractivity contribution in [3.8, 4) is 0 Å². The van der Waals surface area contributed by atoms with Gasteiger partial charge in [0.1, 0.15) is 11.6 Å². The van der Waals surface area contributed by atoms with Crippen LogP contribution in [0.25, 0.3) is 0 Å². The third-order valence-electron chi connectivity index (χ3n) is 3.30. The molecule has 2 unspecified atom stereocenters. The van der Waals surface area contributed by atoms with Crippen molar-refractivity contribution in [2.75, 3.05) is 0 Å². The second-order valence-electron chi connectivity index (χ2n) is 4.58. The van der Waals surface area contributed by atoms with Crippen LogP contribution in [0.5, 0.6) is 0 Å². The Balaban J connectivity index is 1.87. The quantitative estimate of drug-likeness (QED) is 0.903. The first-order chi connectivity index (χ1) is 9.15. The lowest BCUT2D eigenvalue weighted by molar-refractivity contribution is 0.170. The number of rotatable bonds is 2. The van der Waals surface area contributed by atoms with Gasteiger partial charge in [0.25, 0.3) is 0 Å². The van der Waals surface area contributed by atoms with Gasteiger partial charge in [-0.25, -0.2) is 8.78 Å². The van der Waals surface area contributed by atoms with Crippen LogP contribution in [0, 0.1) is 11.6 Å². The number of thioether (sulfide) groups is 1. The number of halogens is 2. The highest BCUT2D eigenvalue weighted by atomic mass is 32.2. The maximum Gasteiger partial charge on any atom is 0.129 e. The van der Waals surface area contributed by atoms with Crippen molar-refractivity contribution in [1.82, 2.24) is 0 Å². The lowest BCUT2D eigenvalue weighted by Crippen LogP contribution is -2.16. The lowest BCUT2D eigenvalue weighted by Gasteiger charge is -2.18. The molecule has 0 spiro atoms. The van der Waals surface area contributed by atoms with Crippen LogP contribution in [-0.4, -0.2) is 10.4 Å². The third-order valence-corrected chi connectivity index (χ3v) is 4.68. The second-order valence-corrected chi connectivity index (χ2v) is 5.86. The Hall–Kier alpha value is -1.39. The van der Waals surface area contributed by atoms with E-state index in [0.29, 0.717) is 6.42 Å². The molecule has 0 saturated heterocycles. The number of hydrogen-bond acceptors (Lipinski definition) is 2. The zero-order valence-electron chi connectivity index (χ0n) is 10.0. The summed E-state index contributed by atoms with van der Waals surface area (Å²) in [5.41, 5.74) is 1.18. The Kier molecular flexibility index (Phi) is 3.29. The molecule has 1 aliphatic heterocycles. The van der Waals surface area contributed by atoms with E-state index in [4.69, 9.17) is 0 Å². The molecular formula is C15H12F2OS. The molecule has 2 aromatic rings. The minimum absolute atomic E-state index is 0.0327. The van der Waals surface area contributed by atoms with Gasteiger partial charge in [-0.15, -0.1) is 11.8 Å². The summed E-state index contributed by atoms with van der Waals surface area (Å²) in [4.78, 5) is 1.10. The molecular weight excluding hydrogens is 266 g/mol. The van der Waals surface area contributed by atoms with E-state index in [0.717, 1.165) is 28.7 Å². The molecule has 1 nitrogen and oxygen atoms in total. The maximum absolute atomic E-state index is 13.7. The fourth-order valence-corrected chi connectivity index (χ4v) is 3.65. The SMILES string of the molecule is OC(c1cc(F)ccc1F)C1Cc2ccccc2S1. The van der Waals surface area contributed by atoms with Crippen LogP contribution in [-0.2, 0) is 6.42 Å². The number of fused-ring (bicyclic) bond motifs is 1. The van der Waals surface area contributed by atoms with E-state index in [-0.39, 0.29) is 10.8 Å². The van der Waals surface area contributed by atoms with Gasteiger partial charge in [-0.05, 0) is 36.2 Å². The first-order valence-corrected chi connectivity index (χ1v) is 6.90. The van der Waals surface area contributed by atoms with E-state index in [9.17, 15) is 13.9 Å². The Labute approximate surface area is 114 Å². The summed E-state index contributed by atoms with van der Waals surface area (Å²) in [6.07, 6.45) is -0.342. The van der Waals surface area contributed by atoms with Gasteiger partial charge in [0.15, 0.2) is 0 Å². The maximum atomic E-state index is 13.7. The average molecular weight is 278 g/mol. The Morgan fingerprint density at radius 3 is 2.74 bits per heavy atom. The molecule has 0 amide bonds. The number of benzene rings is 2. The zero-order valence-corrected chi connectivity index (χ0v) is 10.8. The van der Waals surface area contributed by atoms with Crippen LogP contribution in [0.2, 0.25) is 0 Å². The molecule has 98 valence electrons. The van der Waals surface area contributed by atoms with Gasteiger partial charge in [0.2, 0.25) is 0 Å². The van der Waals surface area contributed by atoms with Crippen LogP contribution < -0.4 is 0 Å². The molecule has 0 radical (unpaired) electrons. The molecule has 1 aliphatic rings. The smallest absolute Gasteiger partial charge is 0.129 e. The van der Waals surface area contributed by atoms with Gasteiger partial charge < -0.3 is 5.11 Å². The summed E-state index contributed by atoms with van der Waals surface area (Å²) in [5.74, 6) is -1.10. The first kappa shape index (κ1) is 12.6. The van der Waals surface area contributed by atoms with Crippen LogP contribution in [0.3, 0.4) is 0 Å². The standard InChI is InChI=1S/C15H12F2OS/c16-10-5-6-12(17)11(8-10)15(18)14-7-9-3-1-2-4-13(9)19-14/h1-6,8,14-15,18H,7H2. The van der Waals surface area contributed by atoms with Crippen molar-refractivity contribution >= 4 is 11.8 Å². The van der Waals surface area contributed by atoms with Crippen molar-refractivity contribution in [3.63, 3.8) is 0 Å². The lowest BCUT2D eigenvalue weighted by atomic mass is 10.0. The Morgan fingerprint density at radius 2 is 1.95 bits per heavy atom. The van der Waals surface area contributed by atoms with Gasteiger partial charge in [-0.2, -0.15) is 0 Å². The van der Waals surface area contributed by atoms with Gasteiger partial charge >= 0.3 is 0 Å². The van der Waals surface area contributed by atoms with Crippen molar-refractivity contribution < 1.29 is 13.9 Å². The largest absolute Gasteiger partial charge is 0.387 e. The van der Waals surface area contributed by atoms with Crippen LogP contribution in [0.1, 0.15) is 17.2 Å². The monoisotopic (exact) mass is 278 g/mol. The number of aliphatic hydroxyl groups excluding tert-OH is 1. The summed E-state index contributed by atoms with van der Waals surface area (Å²) in [7, 11) is 0. The van der Waals surface area contributed by atoms with Crippen LogP contribution in [0.15, 0.2) is 47.4 Å². The molecule has 0 aliphatic carbocycles. The summed E-state index contributed by atoms with van der Waals surface area (Å²) in [6, 6.07) is 11.0. The van der Waals surface area contributed by atoms with Crippen molar-refractivity contribution in [2.45, 2.75) is 22.7 Å². The molecule has 19 heavy (non-hydrogen) atoms.